The summed E-state index contributed by atoms with van der Waals surface area (Å²) in [6.07, 6.45) is 2.66. The van der Waals surface area contributed by atoms with Crippen molar-refractivity contribution in [1.82, 2.24) is 19.7 Å². The van der Waals surface area contributed by atoms with E-state index in [1.807, 2.05) is 29.2 Å². The normalized spacial score (nSPS) is 20.4. The maximum Gasteiger partial charge on any atom is 0.324 e. The smallest absolute Gasteiger partial charge is 0.324 e. The van der Waals surface area contributed by atoms with Crippen LogP contribution >= 0.6 is 0 Å². The van der Waals surface area contributed by atoms with Crippen LogP contribution in [-0.4, -0.2) is 45.9 Å². The average Bonchev–Trinajstić information content (AvgIpc) is 3.04. The molecule has 0 spiro atoms. The number of nitrogens with one attached hydrogen (secondary N) is 1. The second-order valence-electron chi connectivity index (χ2n) is 6.73. The van der Waals surface area contributed by atoms with Crippen molar-refractivity contribution in [2.75, 3.05) is 25.5 Å². The first-order chi connectivity index (χ1) is 12.0. The molecule has 2 amide bonds. The molecule has 134 valence electrons. The van der Waals surface area contributed by atoms with Crippen LogP contribution in [0.3, 0.4) is 0 Å². The predicted molar refractivity (Wildman–Crippen MR) is 95.7 cm³/mol. The van der Waals surface area contributed by atoms with Crippen LogP contribution in [0, 0.1) is 11.8 Å². The Morgan fingerprint density at radius 2 is 2.04 bits per heavy atom. The first-order valence-electron chi connectivity index (χ1n) is 8.63. The molecule has 1 aliphatic heterocycles. The van der Waals surface area contributed by atoms with Crippen molar-refractivity contribution in [3.8, 4) is 5.75 Å². The maximum absolute atomic E-state index is 12.4. The van der Waals surface area contributed by atoms with Gasteiger partial charge in [0, 0.05) is 13.1 Å². The van der Waals surface area contributed by atoms with Gasteiger partial charge in [-0.15, -0.1) is 5.10 Å². The molecule has 3 rings (SSSR count). The molecule has 2 atom stereocenters. The molecule has 7 nitrogen and oxygen atoms in total. The number of urea groups is 1. The molecule has 7 heteroatoms. The number of carbonyl (C=O) groups is 1. The fourth-order valence-electron chi connectivity index (χ4n) is 2.97. The Labute approximate surface area is 148 Å². The van der Waals surface area contributed by atoms with E-state index in [2.05, 4.69) is 29.2 Å². The van der Waals surface area contributed by atoms with Crippen molar-refractivity contribution in [3.05, 3.63) is 36.2 Å². The molecule has 2 aromatic rings. The average molecular weight is 343 g/mol. The second-order valence-corrected chi connectivity index (χ2v) is 6.73. The Balaban J connectivity index is 1.56. The predicted octanol–water partition coefficient (Wildman–Crippen LogP) is 2.84. The summed E-state index contributed by atoms with van der Waals surface area (Å²) in [7, 11) is 1.64. The molecule has 0 unspecified atom stereocenters. The van der Waals surface area contributed by atoms with E-state index in [0.29, 0.717) is 24.3 Å². The lowest BCUT2D eigenvalue weighted by molar-refractivity contribution is 0.154. The van der Waals surface area contributed by atoms with Crippen LogP contribution in [0.15, 0.2) is 30.6 Å². The van der Waals surface area contributed by atoms with Gasteiger partial charge in [0.1, 0.15) is 12.1 Å². The maximum atomic E-state index is 12.4. The molecule has 1 aromatic heterocycles. The minimum Gasteiger partial charge on any atom is -0.497 e. The zero-order chi connectivity index (χ0) is 17.8. The zero-order valence-electron chi connectivity index (χ0n) is 15.0. The van der Waals surface area contributed by atoms with Gasteiger partial charge >= 0.3 is 6.03 Å². The summed E-state index contributed by atoms with van der Waals surface area (Å²) in [5.41, 5.74) is 1.09. The number of hydrogen-bond acceptors (Lipinski definition) is 4. The Morgan fingerprint density at radius 3 is 2.72 bits per heavy atom. The first-order valence-corrected chi connectivity index (χ1v) is 8.63. The number of carbonyl (C=O) groups excluding carboxylic acids is 1. The number of nitrogens with zero attached hydrogens (tertiary/aromatic N) is 4. The number of methoxy groups -OCH3 is 1. The third-order valence-electron chi connectivity index (χ3n) is 4.88. The number of anilines is 1. The standard InChI is InChI=1S/C18H25N5O2/c1-13-8-9-22(10-14(13)2)18(24)20-17-19-12-23(21-17)11-15-4-6-16(25-3)7-5-15/h4-7,12-14H,8-11H2,1-3H3,(H,20,21,24)/t13-,14-/m1/s1. The van der Waals surface area contributed by atoms with E-state index in [1.54, 1.807) is 18.1 Å². The fourth-order valence-corrected chi connectivity index (χ4v) is 2.97. The number of rotatable bonds is 4. The lowest BCUT2D eigenvalue weighted by Gasteiger charge is -2.34. The van der Waals surface area contributed by atoms with E-state index in [-0.39, 0.29) is 6.03 Å². The number of hydrogen-bond donors (Lipinski definition) is 1. The summed E-state index contributed by atoms with van der Waals surface area (Å²) >= 11 is 0. The van der Waals surface area contributed by atoms with Crippen LogP contribution < -0.4 is 10.1 Å². The van der Waals surface area contributed by atoms with Crippen molar-refractivity contribution in [2.24, 2.45) is 11.8 Å². The highest BCUT2D eigenvalue weighted by Crippen LogP contribution is 2.22. The number of benzene rings is 1. The SMILES string of the molecule is COc1ccc(Cn2cnc(NC(=O)N3CC[C@@H](C)[C@H](C)C3)n2)cc1. The third-order valence-corrected chi connectivity index (χ3v) is 4.88. The topological polar surface area (TPSA) is 72.3 Å². The van der Waals surface area contributed by atoms with E-state index in [1.165, 1.54) is 0 Å². The molecular weight excluding hydrogens is 318 g/mol. The van der Waals surface area contributed by atoms with E-state index >= 15 is 0 Å². The Bertz CT molecular complexity index is 713. The Hall–Kier alpha value is -2.57. The largest absolute Gasteiger partial charge is 0.497 e. The van der Waals surface area contributed by atoms with Crippen molar-refractivity contribution in [1.29, 1.82) is 0 Å². The summed E-state index contributed by atoms with van der Waals surface area (Å²) < 4.78 is 6.86. The minimum atomic E-state index is -0.124. The molecule has 0 aliphatic carbocycles. The van der Waals surface area contributed by atoms with E-state index < -0.39 is 0 Å². The van der Waals surface area contributed by atoms with Gasteiger partial charge in [0.05, 0.1) is 13.7 Å². The van der Waals surface area contributed by atoms with Gasteiger partial charge in [-0.25, -0.2) is 14.5 Å². The second kappa shape index (κ2) is 7.55. The van der Waals surface area contributed by atoms with Crippen LogP contribution in [0.1, 0.15) is 25.8 Å². The lowest BCUT2D eigenvalue weighted by Crippen LogP contribution is -2.44. The Morgan fingerprint density at radius 1 is 1.28 bits per heavy atom. The monoisotopic (exact) mass is 343 g/mol. The van der Waals surface area contributed by atoms with Crippen molar-refractivity contribution < 1.29 is 9.53 Å². The quantitative estimate of drug-likeness (QED) is 0.926. The summed E-state index contributed by atoms with van der Waals surface area (Å²) in [5, 5.41) is 7.13. The molecular formula is C18H25N5O2. The van der Waals surface area contributed by atoms with Gasteiger partial charge < -0.3 is 9.64 Å². The molecule has 1 N–H and O–H groups in total. The molecule has 1 aliphatic rings. The minimum absolute atomic E-state index is 0.124. The van der Waals surface area contributed by atoms with Gasteiger partial charge in [-0.3, -0.25) is 5.32 Å². The summed E-state index contributed by atoms with van der Waals surface area (Å²) in [6, 6.07) is 7.66. The van der Waals surface area contributed by atoms with Crippen LogP contribution in [-0.2, 0) is 6.54 Å². The van der Waals surface area contributed by atoms with Crippen molar-refractivity contribution in [3.63, 3.8) is 0 Å². The molecule has 1 aromatic carbocycles. The molecule has 0 saturated carbocycles. The number of ether oxygens (including phenoxy) is 1. The Kier molecular flexibility index (Phi) is 5.21. The van der Waals surface area contributed by atoms with Crippen molar-refractivity contribution >= 4 is 12.0 Å². The van der Waals surface area contributed by atoms with Gasteiger partial charge in [-0.1, -0.05) is 26.0 Å². The lowest BCUT2D eigenvalue weighted by atomic mass is 9.89. The summed E-state index contributed by atoms with van der Waals surface area (Å²) in [4.78, 5) is 18.4. The number of amides is 2. The van der Waals surface area contributed by atoms with Gasteiger partial charge in [0.15, 0.2) is 0 Å². The highest BCUT2D eigenvalue weighted by Gasteiger charge is 2.26. The van der Waals surface area contributed by atoms with Crippen LogP contribution in [0.5, 0.6) is 5.75 Å². The molecule has 0 radical (unpaired) electrons. The molecule has 1 fully saturated rings. The van der Waals surface area contributed by atoms with Crippen molar-refractivity contribution in [2.45, 2.75) is 26.8 Å². The zero-order valence-corrected chi connectivity index (χ0v) is 15.0. The number of likely N-dealkylation sites (tertiary alicyclic amines) is 1. The van der Waals surface area contributed by atoms with E-state index in [4.69, 9.17) is 4.74 Å². The van der Waals surface area contributed by atoms with Gasteiger partial charge in [0.2, 0.25) is 5.95 Å². The number of piperidine rings is 1. The van der Waals surface area contributed by atoms with E-state index in [0.717, 1.165) is 30.8 Å². The first kappa shape index (κ1) is 17.3. The summed E-state index contributed by atoms with van der Waals surface area (Å²) in [5.74, 6) is 2.33. The highest BCUT2D eigenvalue weighted by atomic mass is 16.5. The van der Waals surface area contributed by atoms with Gasteiger partial charge in [-0.05, 0) is 36.0 Å². The molecule has 25 heavy (non-hydrogen) atoms. The number of aromatic nitrogens is 3. The van der Waals surface area contributed by atoms with E-state index in [9.17, 15) is 4.79 Å². The van der Waals surface area contributed by atoms with Crippen LogP contribution in [0.2, 0.25) is 0 Å². The third kappa shape index (κ3) is 4.29. The summed E-state index contributed by atoms with van der Waals surface area (Å²) in [6.45, 7) is 6.57. The molecule has 1 saturated heterocycles. The van der Waals surface area contributed by atoms with Crippen LogP contribution in [0.4, 0.5) is 10.7 Å². The van der Waals surface area contributed by atoms with Gasteiger partial charge in [0.25, 0.3) is 0 Å². The van der Waals surface area contributed by atoms with Gasteiger partial charge in [-0.2, -0.15) is 0 Å². The van der Waals surface area contributed by atoms with Crippen LogP contribution in [0.25, 0.3) is 0 Å². The fraction of sp³-hybridized carbons (Fsp3) is 0.500. The highest BCUT2D eigenvalue weighted by molar-refractivity contribution is 5.87. The molecule has 2 heterocycles. The molecule has 0 bridgehead atoms.